The van der Waals surface area contributed by atoms with Gasteiger partial charge < -0.3 is 9.64 Å². The molecule has 3 fully saturated rings. The predicted molar refractivity (Wildman–Crippen MR) is 90.2 cm³/mol. The molecule has 0 bridgehead atoms. The molecule has 3 aliphatic heterocycles. The summed E-state index contributed by atoms with van der Waals surface area (Å²) in [7, 11) is 2.05. The van der Waals surface area contributed by atoms with E-state index in [1.54, 1.807) is 0 Å². The van der Waals surface area contributed by atoms with Crippen LogP contribution in [-0.2, 0) is 18.3 Å². The molecule has 3 saturated heterocycles. The van der Waals surface area contributed by atoms with Crippen LogP contribution >= 0.6 is 0 Å². The van der Waals surface area contributed by atoms with Crippen LogP contribution in [0.2, 0.25) is 0 Å². The van der Waals surface area contributed by atoms with Crippen LogP contribution in [0.15, 0.2) is 6.07 Å². The molecule has 4 heterocycles. The Morgan fingerprint density at radius 1 is 1.17 bits per heavy atom. The van der Waals surface area contributed by atoms with E-state index in [1.165, 1.54) is 51.1 Å². The van der Waals surface area contributed by atoms with Crippen molar-refractivity contribution < 1.29 is 4.74 Å². The van der Waals surface area contributed by atoms with Gasteiger partial charge in [-0.15, -0.1) is 0 Å². The van der Waals surface area contributed by atoms with Gasteiger partial charge in [0.2, 0.25) is 0 Å². The van der Waals surface area contributed by atoms with Crippen LogP contribution in [0.3, 0.4) is 0 Å². The molecular weight excluding hydrogens is 288 g/mol. The third kappa shape index (κ3) is 3.32. The molecule has 1 aromatic rings. The van der Waals surface area contributed by atoms with Gasteiger partial charge in [0.15, 0.2) is 0 Å². The second-order valence-corrected chi connectivity index (χ2v) is 7.75. The molecule has 3 aliphatic rings. The molecule has 0 unspecified atom stereocenters. The molecule has 1 aromatic heterocycles. The quantitative estimate of drug-likeness (QED) is 0.845. The molecule has 0 spiro atoms. The fourth-order valence-corrected chi connectivity index (χ4v) is 4.71. The highest BCUT2D eigenvalue weighted by atomic mass is 16.5. The van der Waals surface area contributed by atoms with E-state index in [-0.39, 0.29) is 0 Å². The van der Waals surface area contributed by atoms with Crippen LogP contribution in [0.4, 0.5) is 0 Å². The minimum absolute atomic E-state index is 0.458. The summed E-state index contributed by atoms with van der Waals surface area (Å²) >= 11 is 0. The second-order valence-electron chi connectivity index (χ2n) is 7.75. The number of piperidine rings is 1. The molecule has 3 atom stereocenters. The maximum Gasteiger partial charge on any atom is 0.0746 e. The standard InChI is InChI=1S/C18H30N4O/c1-14-8-16(20(2)19-14)10-22-11-17-15(13-23-18(17)12-22)9-21-6-4-3-5-7-21/h8,15,17-18H,3-7,9-13H2,1-2H3/t15-,17-,18-/m0/s1. The van der Waals surface area contributed by atoms with Gasteiger partial charge in [0.25, 0.3) is 0 Å². The zero-order valence-corrected chi connectivity index (χ0v) is 14.6. The van der Waals surface area contributed by atoms with Crippen molar-refractivity contribution in [3.8, 4) is 0 Å². The summed E-state index contributed by atoms with van der Waals surface area (Å²) in [5.41, 5.74) is 2.43. The average Bonchev–Trinajstić information content (AvgIpc) is 3.18. The molecule has 5 nitrogen and oxygen atoms in total. The van der Waals surface area contributed by atoms with Crippen molar-refractivity contribution in [3.05, 3.63) is 17.5 Å². The summed E-state index contributed by atoms with van der Waals surface area (Å²) in [5.74, 6) is 1.46. The highest BCUT2D eigenvalue weighted by molar-refractivity contribution is 5.09. The second kappa shape index (κ2) is 6.54. The lowest BCUT2D eigenvalue weighted by Crippen LogP contribution is -2.37. The van der Waals surface area contributed by atoms with Crippen molar-refractivity contribution in [2.24, 2.45) is 18.9 Å². The number of ether oxygens (including phenoxy) is 1. The molecule has 128 valence electrons. The van der Waals surface area contributed by atoms with Crippen molar-refractivity contribution in [2.75, 3.05) is 39.3 Å². The van der Waals surface area contributed by atoms with Gasteiger partial charge in [-0.05, 0) is 38.9 Å². The zero-order chi connectivity index (χ0) is 15.8. The molecule has 5 heteroatoms. The van der Waals surface area contributed by atoms with Crippen molar-refractivity contribution in [1.29, 1.82) is 0 Å². The monoisotopic (exact) mass is 318 g/mol. The summed E-state index contributed by atoms with van der Waals surface area (Å²) < 4.78 is 8.17. The Hall–Kier alpha value is -0.910. The topological polar surface area (TPSA) is 33.5 Å². The van der Waals surface area contributed by atoms with Crippen molar-refractivity contribution in [2.45, 2.75) is 38.8 Å². The fourth-order valence-electron chi connectivity index (χ4n) is 4.71. The lowest BCUT2D eigenvalue weighted by atomic mass is 9.92. The van der Waals surface area contributed by atoms with Crippen molar-refractivity contribution >= 4 is 0 Å². The Morgan fingerprint density at radius 2 is 2.00 bits per heavy atom. The van der Waals surface area contributed by atoms with Gasteiger partial charge in [-0.25, -0.2) is 0 Å². The Labute approximate surface area is 139 Å². The molecule has 0 amide bonds. The Kier molecular flexibility index (Phi) is 4.43. The number of likely N-dealkylation sites (tertiary alicyclic amines) is 2. The van der Waals surface area contributed by atoms with Crippen LogP contribution < -0.4 is 0 Å². The van der Waals surface area contributed by atoms with E-state index in [1.807, 2.05) is 4.68 Å². The summed E-state index contributed by atoms with van der Waals surface area (Å²) in [6, 6.07) is 2.21. The zero-order valence-electron chi connectivity index (χ0n) is 14.6. The largest absolute Gasteiger partial charge is 0.376 e. The third-order valence-electron chi connectivity index (χ3n) is 5.94. The van der Waals surface area contributed by atoms with Gasteiger partial charge in [0.05, 0.1) is 24.1 Å². The minimum atomic E-state index is 0.458. The summed E-state index contributed by atoms with van der Waals surface area (Å²) in [6.45, 7) is 10.2. The van der Waals surface area contributed by atoms with E-state index in [0.29, 0.717) is 6.10 Å². The predicted octanol–water partition coefficient (Wildman–Crippen LogP) is 1.66. The normalized spacial score (nSPS) is 32.5. The number of hydrogen-bond donors (Lipinski definition) is 0. The summed E-state index contributed by atoms with van der Waals surface area (Å²) in [4.78, 5) is 5.24. The van der Waals surface area contributed by atoms with Gasteiger partial charge in [0, 0.05) is 45.1 Å². The number of nitrogens with zero attached hydrogens (tertiary/aromatic N) is 4. The SMILES string of the molecule is Cc1cc(CN2C[C@H]3[C@@H](CN4CCCCC4)CO[C@H]3C2)n(C)n1. The summed E-state index contributed by atoms with van der Waals surface area (Å²) in [5, 5.41) is 4.47. The lowest BCUT2D eigenvalue weighted by molar-refractivity contribution is 0.0887. The van der Waals surface area contributed by atoms with Gasteiger partial charge >= 0.3 is 0 Å². The molecule has 0 radical (unpaired) electrons. The van der Waals surface area contributed by atoms with E-state index < -0.39 is 0 Å². The number of aromatic nitrogens is 2. The van der Waals surface area contributed by atoms with E-state index >= 15 is 0 Å². The number of aryl methyl sites for hydroxylation is 2. The van der Waals surface area contributed by atoms with E-state index in [2.05, 4.69) is 34.9 Å². The number of hydrogen-bond acceptors (Lipinski definition) is 4. The molecule has 23 heavy (non-hydrogen) atoms. The Bertz CT molecular complexity index is 537. The van der Waals surface area contributed by atoms with Crippen LogP contribution in [0.25, 0.3) is 0 Å². The Balaban J connectivity index is 1.34. The first-order chi connectivity index (χ1) is 11.2. The fraction of sp³-hybridized carbons (Fsp3) is 0.833. The van der Waals surface area contributed by atoms with Crippen LogP contribution in [-0.4, -0.2) is 65.0 Å². The van der Waals surface area contributed by atoms with Gasteiger partial charge in [-0.1, -0.05) is 6.42 Å². The van der Waals surface area contributed by atoms with Crippen molar-refractivity contribution in [3.63, 3.8) is 0 Å². The maximum atomic E-state index is 6.14. The summed E-state index contributed by atoms with van der Waals surface area (Å²) in [6.07, 6.45) is 4.64. The third-order valence-corrected chi connectivity index (χ3v) is 5.94. The average molecular weight is 318 g/mol. The van der Waals surface area contributed by atoms with Crippen LogP contribution in [0.1, 0.15) is 30.7 Å². The van der Waals surface area contributed by atoms with Crippen LogP contribution in [0, 0.1) is 18.8 Å². The molecule has 0 aromatic carbocycles. The van der Waals surface area contributed by atoms with E-state index in [4.69, 9.17) is 4.74 Å². The minimum Gasteiger partial charge on any atom is -0.376 e. The smallest absolute Gasteiger partial charge is 0.0746 e. The first-order valence-corrected chi connectivity index (χ1v) is 9.25. The lowest BCUT2D eigenvalue weighted by Gasteiger charge is -2.30. The highest BCUT2D eigenvalue weighted by Gasteiger charge is 2.44. The molecule has 0 aliphatic carbocycles. The number of fused-ring (bicyclic) bond motifs is 1. The molecular formula is C18H30N4O. The Morgan fingerprint density at radius 3 is 2.74 bits per heavy atom. The highest BCUT2D eigenvalue weighted by Crippen LogP contribution is 2.35. The van der Waals surface area contributed by atoms with E-state index in [0.717, 1.165) is 37.2 Å². The van der Waals surface area contributed by atoms with Crippen LogP contribution in [0.5, 0.6) is 0 Å². The molecule has 4 rings (SSSR count). The van der Waals surface area contributed by atoms with Crippen molar-refractivity contribution in [1.82, 2.24) is 19.6 Å². The molecule has 0 N–H and O–H groups in total. The maximum absolute atomic E-state index is 6.14. The number of rotatable bonds is 4. The molecule has 0 saturated carbocycles. The first-order valence-electron chi connectivity index (χ1n) is 9.25. The van der Waals surface area contributed by atoms with Gasteiger partial charge in [-0.3, -0.25) is 9.58 Å². The first kappa shape index (κ1) is 15.6. The van der Waals surface area contributed by atoms with Gasteiger partial charge in [0.1, 0.15) is 0 Å². The van der Waals surface area contributed by atoms with E-state index in [9.17, 15) is 0 Å². The van der Waals surface area contributed by atoms with Gasteiger partial charge in [-0.2, -0.15) is 5.10 Å².